The Hall–Kier alpha value is -1.15. The molecule has 1 N–H and O–H groups in total. The summed E-state index contributed by atoms with van der Waals surface area (Å²) in [5, 5.41) is 0. The number of carbonyl (C=O) groups excluding carboxylic acids is 2. The topological polar surface area (TPSA) is 107 Å². The molecule has 0 saturated heterocycles. The lowest BCUT2D eigenvalue weighted by atomic mass is 9.75. The molecule has 262 valence electrons. The maximum Gasteiger partial charge on any atom is 0.330 e. The maximum atomic E-state index is 14.3. The molecule has 7 nitrogen and oxygen atoms in total. The molecule has 0 fully saturated rings. The molecule has 8 heteroatoms. The number of hydrogen-bond acceptors (Lipinski definition) is 6. The number of hydrogen-bond donors (Lipinski definition) is 1. The third-order valence-electron chi connectivity index (χ3n) is 9.90. The van der Waals surface area contributed by atoms with Gasteiger partial charge in [-0.15, -0.1) is 0 Å². The van der Waals surface area contributed by atoms with Crippen molar-refractivity contribution in [2.24, 2.45) is 29.6 Å². The van der Waals surface area contributed by atoms with E-state index in [0.29, 0.717) is 12.8 Å². The minimum absolute atomic E-state index is 0.00662. The van der Waals surface area contributed by atoms with Crippen LogP contribution in [0.4, 0.5) is 0 Å². The Morgan fingerprint density at radius 1 is 0.614 bits per heavy atom. The van der Waals surface area contributed by atoms with Crippen molar-refractivity contribution < 1.29 is 32.0 Å². The van der Waals surface area contributed by atoms with Gasteiger partial charge in [0, 0.05) is 0 Å². The van der Waals surface area contributed by atoms with Crippen molar-refractivity contribution in [2.75, 3.05) is 13.2 Å². The van der Waals surface area contributed by atoms with E-state index in [4.69, 9.17) is 9.47 Å². The summed E-state index contributed by atoms with van der Waals surface area (Å²) < 4.78 is 47.9. The second-order valence-corrected chi connectivity index (χ2v) is 14.9. The highest BCUT2D eigenvalue weighted by atomic mass is 32.2. The van der Waals surface area contributed by atoms with E-state index in [1.807, 2.05) is 20.8 Å². The van der Waals surface area contributed by atoms with Crippen LogP contribution in [-0.2, 0) is 29.2 Å². The molecule has 6 unspecified atom stereocenters. The van der Waals surface area contributed by atoms with Gasteiger partial charge in [0.05, 0.1) is 19.1 Å². The fourth-order valence-corrected chi connectivity index (χ4v) is 7.60. The quantitative estimate of drug-likeness (QED) is 0.0666. The van der Waals surface area contributed by atoms with Crippen molar-refractivity contribution in [3.05, 3.63) is 0 Å². The number of ether oxygens (including phenoxy) is 2. The smallest absolute Gasteiger partial charge is 0.330 e. The van der Waals surface area contributed by atoms with Crippen LogP contribution < -0.4 is 0 Å². The van der Waals surface area contributed by atoms with Crippen LogP contribution in [0.1, 0.15) is 171 Å². The highest BCUT2D eigenvalue weighted by molar-refractivity contribution is 7.88. The Morgan fingerprint density at radius 3 is 1.39 bits per heavy atom. The SMILES string of the molecule is CCCCC(CC)COC(=O)C(CC(CC)CCCC)C(CC(CC)CCCC)(C(=O)OCC(CC)CCCC)S(=O)(=O)O. The van der Waals surface area contributed by atoms with E-state index in [2.05, 4.69) is 34.6 Å². The maximum absolute atomic E-state index is 14.3. The molecule has 6 atom stereocenters. The molecule has 0 bridgehead atoms. The lowest BCUT2D eigenvalue weighted by molar-refractivity contribution is -0.162. The van der Waals surface area contributed by atoms with Crippen molar-refractivity contribution >= 4 is 22.1 Å². The molecule has 0 aromatic carbocycles. The first-order valence-electron chi connectivity index (χ1n) is 18.3. The van der Waals surface area contributed by atoms with E-state index in [-0.39, 0.29) is 49.7 Å². The van der Waals surface area contributed by atoms with Gasteiger partial charge in [0.25, 0.3) is 10.1 Å². The number of rotatable bonds is 28. The van der Waals surface area contributed by atoms with Crippen molar-refractivity contribution in [1.82, 2.24) is 0 Å². The predicted molar refractivity (Wildman–Crippen MR) is 182 cm³/mol. The van der Waals surface area contributed by atoms with Crippen molar-refractivity contribution in [3.8, 4) is 0 Å². The molecule has 0 heterocycles. The van der Waals surface area contributed by atoms with Crippen LogP contribution in [0.3, 0.4) is 0 Å². The summed E-state index contributed by atoms with van der Waals surface area (Å²) in [4.78, 5) is 28.5. The molecule has 0 aromatic rings. The van der Waals surface area contributed by atoms with Crippen molar-refractivity contribution in [1.29, 1.82) is 0 Å². The van der Waals surface area contributed by atoms with E-state index in [9.17, 15) is 22.6 Å². The fourth-order valence-electron chi connectivity index (χ4n) is 6.33. The summed E-state index contributed by atoms with van der Waals surface area (Å²) in [7, 11) is -5.08. The number of carbonyl (C=O) groups is 2. The molecule has 44 heavy (non-hydrogen) atoms. The average Bonchev–Trinajstić information content (AvgIpc) is 3.01. The van der Waals surface area contributed by atoms with Crippen LogP contribution in [0.5, 0.6) is 0 Å². The Balaban J connectivity index is 7.00. The monoisotopic (exact) mass is 646 g/mol. The molecule has 0 rings (SSSR count). The van der Waals surface area contributed by atoms with Gasteiger partial charge in [-0.3, -0.25) is 14.1 Å². The van der Waals surface area contributed by atoms with Gasteiger partial charge in [-0.25, -0.2) is 0 Å². The first-order chi connectivity index (χ1) is 20.9. The first-order valence-corrected chi connectivity index (χ1v) is 19.7. The second-order valence-electron chi connectivity index (χ2n) is 13.3. The normalized spacial score (nSPS) is 16.8. The summed E-state index contributed by atoms with van der Waals surface area (Å²) in [6.45, 7) is 16.7. The lowest BCUT2D eigenvalue weighted by Gasteiger charge is -2.38. The Labute approximate surface area is 272 Å². The third-order valence-corrected chi connectivity index (χ3v) is 11.4. The van der Waals surface area contributed by atoms with Gasteiger partial charge in [-0.2, -0.15) is 8.42 Å². The summed E-state index contributed by atoms with van der Waals surface area (Å²) in [5.74, 6) is -2.96. The Morgan fingerprint density at radius 2 is 1.00 bits per heavy atom. The zero-order valence-corrected chi connectivity index (χ0v) is 30.7. The van der Waals surface area contributed by atoms with Gasteiger partial charge in [0.2, 0.25) is 4.75 Å². The second kappa shape index (κ2) is 24.1. The van der Waals surface area contributed by atoms with Gasteiger partial charge >= 0.3 is 11.9 Å². The molecule has 0 spiro atoms. The summed E-state index contributed by atoms with van der Waals surface area (Å²) in [5.41, 5.74) is 0. The third kappa shape index (κ3) is 14.5. The van der Waals surface area contributed by atoms with Crippen LogP contribution in [-0.4, -0.2) is 42.9 Å². The number of unbranched alkanes of at least 4 members (excludes halogenated alkanes) is 4. The van der Waals surface area contributed by atoms with E-state index >= 15 is 0 Å². The summed E-state index contributed by atoms with van der Waals surface area (Å²) in [6.07, 6.45) is 14.0. The highest BCUT2D eigenvalue weighted by Gasteiger charge is 2.61. The van der Waals surface area contributed by atoms with E-state index < -0.39 is 32.7 Å². The molecule has 0 aromatic heterocycles. The minimum Gasteiger partial charge on any atom is -0.465 e. The first kappa shape index (κ1) is 42.9. The zero-order chi connectivity index (χ0) is 33.6. The average molecular weight is 647 g/mol. The van der Waals surface area contributed by atoms with Gasteiger partial charge < -0.3 is 9.47 Å². The molecule has 0 amide bonds. The number of esters is 2. The zero-order valence-electron chi connectivity index (χ0n) is 29.8. The predicted octanol–water partition coefficient (Wildman–Crippen LogP) is 9.96. The fraction of sp³-hybridized carbons (Fsp3) is 0.944. The van der Waals surface area contributed by atoms with Crippen LogP contribution in [0, 0.1) is 29.6 Å². The minimum atomic E-state index is -5.08. The molecule has 0 aliphatic carbocycles. The molecular formula is C36H70O7S. The van der Waals surface area contributed by atoms with E-state index in [1.165, 1.54) is 0 Å². The summed E-state index contributed by atoms with van der Waals surface area (Å²) >= 11 is 0. The van der Waals surface area contributed by atoms with Crippen molar-refractivity contribution in [2.45, 2.75) is 176 Å². The molecule has 0 radical (unpaired) electrons. The van der Waals surface area contributed by atoms with Gasteiger partial charge in [-0.05, 0) is 49.4 Å². The molecular weight excluding hydrogens is 576 g/mol. The molecule has 0 saturated carbocycles. The van der Waals surface area contributed by atoms with Crippen LogP contribution in [0.25, 0.3) is 0 Å². The molecule has 0 aliphatic heterocycles. The van der Waals surface area contributed by atoms with Crippen LogP contribution in [0.15, 0.2) is 0 Å². The van der Waals surface area contributed by atoms with Crippen LogP contribution >= 0.6 is 0 Å². The molecule has 0 aliphatic rings. The Bertz CT molecular complexity index is 859. The van der Waals surface area contributed by atoms with Crippen molar-refractivity contribution in [3.63, 3.8) is 0 Å². The standard InChI is InChI=1S/C36H70O7S/c1-9-17-21-29(13-5)25-33(34(37)42-27-31(15-7)23-19-11-3)36(44(39,40)41,26-30(14-6)22-18-10-2)35(38)43-28-32(16-8)24-20-12-4/h29-33H,9-28H2,1-8H3,(H,39,40,41). The van der Waals surface area contributed by atoms with Gasteiger partial charge in [-0.1, -0.05) is 145 Å². The lowest BCUT2D eigenvalue weighted by Crippen LogP contribution is -2.57. The van der Waals surface area contributed by atoms with Gasteiger partial charge in [0.1, 0.15) is 0 Å². The summed E-state index contributed by atoms with van der Waals surface area (Å²) in [6, 6.07) is 0. The van der Waals surface area contributed by atoms with Crippen LogP contribution in [0.2, 0.25) is 0 Å². The largest absolute Gasteiger partial charge is 0.465 e. The van der Waals surface area contributed by atoms with E-state index in [0.717, 1.165) is 89.9 Å². The highest BCUT2D eigenvalue weighted by Crippen LogP contribution is 2.42. The van der Waals surface area contributed by atoms with E-state index in [1.54, 1.807) is 0 Å². The Kier molecular flexibility index (Phi) is 23.5. The van der Waals surface area contributed by atoms with Gasteiger partial charge in [0.15, 0.2) is 0 Å².